The third-order valence-corrected chi connectivity index (χ3v) is 4.29. The van der Waals surface area contributed by atoms with Crippen molar-refractivity contribution in [2.24, 2.45) is 0 Å². The maximum atomic E-state index is 12.9. The second kappa shape index (κ2) is 6.95. The summed E-state index contributed by atoms with van der Waals surface area (Å²) in [6.07, 6.45) is 6.81. The Morgan fingerprint density at radius 1 is 1.21 bits per heavy atom. The number of benzene rings is 1. The zero-order chi connectivity index (χ0) is 19.8. The highest BCUT2D eigenvalue weighted by Gasteiger charge is 2.18. The van der Waals surface area contributed by atoms with Gasteiger partial charge in [-0.3, -0.25) is 9.48 Å². The van der Waals surface area contributed by atoms with Gasteiger partial charge in [-0.2, -0.15) is 10.2 Å². The molecule has 0 aliphatic heterocycles. The molecule has 0 saturated carbocycles. The fraction of sp³-hybridized carbons (Fsp3) is 0.300. The number of carbonyl (C=O) groups is 1. The van der Waals surface area contributed by atoms with Crippen molar-refractivity contribution < 1.29 is 9.53 Å². The number of amides is 1. The first-order valence-electron chi connectivity index (χ1n) is 9.21. The van der Waals surface area contributed by atoms with Gasteiger partial charge < -0.3 is 10.1 Å². The van der Waals surface area contributed by atoms with Crippen LogP contribution in [-0.4, -0.2) is 36.4 Å². The van der Waals surface area contributed by atoms with Gasteiger partial charge in [-0.1, -0.05) is 0 Å². The van der Waals surface area contributed by atoms with Crippen LogP contribution in [0, 0.1) is 0 Å². The summed E-state index contributed by atoms with van der Waals surface area (Å²) in [5, 5.41) is 12.6. The lowest BCUT2D eigenvalue weighted by molar-refractivity contribution is 0.102. The third-order valence-electron chi connectivity index (χ3n) is 4.29. The lowest BCUT2D eigenvalue weighted by Gasteiger charge is -2.15. The molecule has 0 aliphatic carbocycles. The lowest BCUT2D eigenvalue weighted by Crippen LogP contribution is -2.14. The van der Waals surface area contributed by atoms with Gasteiger partial charge in [-0.25, -0.2) is 9.50 Å². The zero-order valence-electron chi connectivity index (χ0n) is 16.2. The molecule has 1 amide bonds. The fourth-order valence-electron chi connectivity index (χ4n) is 2.96. The molecule has 0 spiro atoms. The first kappa shape index (κ1) is 18.0. The van der Waals surface area contributed by atoms with Crippen molar-refractivity contribution in [1.82, 2.24) is 24.4 Å². The molecular formula is C20H22N6O2. The molecule has 3 aromatic heterocycles. The van der Waals surface area contributed by atoms with E-state index in [1.54, 1.807) is 23.0 Å². The van der Waals surface area contributed by atoms with Gasteiger partial charge in [0.1, 0.15) is 11.3 Å². The third kappa shape index (κ3) is 3.28. The number of aromatic nitrogens is 5. The van der Waals surface area contributed by atoms with Gasteiger partial charge >= 0.3 is 0 Å². The highest BCUT2D eigenvalue weighted by molar-refractivity contribution is 6.09. The van der Waals surface area contributed by atoms with Crippen molar-refractivity contribution in [2.45, 2.75) is 39.8 Å². The van der Waals surface area contributed by atoms with Gasteiger partial charge in [0, 0.05) is 36.1 Å². The number of hydrogen-bond donors (Lipinski definition) is 1. The second-order valence-corrected chi connectivity index (χ2v) is 7.18. The molecule has 8 heteroatoms. The van der Waals surface area contributed by atoms with Crippen molar-refractivity contribution in [3.8, 4) is 5.75 Å². The van der Waals surface area contributed by atoms with E-state index in [-0.39, 0.29) is 18.1 Å². The fourth-order valence-corrected chi connectivity index (χ4v) is 2.96. The Kier molecular flexibility index (Phi) is 4.46. The summed E-state index contributed by atoms with van der Waals surface area (Å²) >= 11 is 0. The molecule has 3 heterocycles. The van der Waals surface area contributed by atoms with E-state index >= 15 is 0 Å². The molecule has 144 valence electrons. The molecule has 28 heavy (non-hydrogen) atoms. The largest absolute Gasteiger partial charge is 0.489 e. The number of nitrogens with zero attached hydrogens (tertiary/aromatic N) is 5. The molecule has 1 aromatic carbocycles. The number of hydrogen-bond acceptors (Lipinski definition) is 5. The van der Waals surface area contributed by atoms with E-state index in [9.17, 15) is 4.79 Å². The maximum absolute atomic E-state index is 12.9. The SMILES string of the molecule is CC(C)Oc1cc2nn(C(C)C)cc2cc1NC(=O)c1cnn2cccnc12. The number of carbonyl (C=O) groups excluding carboxylic acids is 1. The molecule has 1 N–H and O–H groups in total. The first-order valence-corrected chi connectivity index (χ1v) is 9.21. The zero-order valence-corrected chi connectivity index (χ0v) is 16.2. The van der Waals surface area contributed by atoms with Crippen LogP contribution >= 0.6 is 0 Å². The van der Waals surface area contributed by atoms with E-state index in [1.807, 2.05) is 36.9 Å². The van der Waals surface area contributed by atoms with E-state index in [2.05, 4.69) is 34.3 Å². The molecule has 0 atom stereocenters. The summed E-state index contributed by atoms with van der Waals surface area (Å²) < 4.78 is 9.39. The Bertz CT molecular complexity index is 1160. The van der Waals surface area contributed by atoms with Crippen LogP contribution in [0.3, 0.4) is 0 Å². The van der Waals surface area contributed by atoms with Crippen molar-refractivity contribution in [2.75, 3.05) is 5.32 Å². The highest BCUT2D eigenvalue weighted by Crippen LogP contribution is 2.32. The van der Waals surface area contributed by atoms with Crippen molar-refractivity contribution in [3.05, 3.63) is 48.5 Å². The van der Waals surface area contributed by atoms with Crippen LogP contribution in [0.4, 0.5) is 5.69 Å². The van der Waals surface area contributed by atoms with Crippen LogP contribution in [-0.2, 0) is 0 Å². The summed E-state index contributed by atoms with van der Waals surface area (Å²) in [4.78, 5) is 17.1. The topological polar surface area (TPSA) is 86.3 Å². The summed E-state index contributed by atoms with van der Waals surface area (Å²) in [7, 11) is 0. The molecular weight excluding hydrogens is 356 g/mol. The molecule has 4 aromatic rings. The number of nitrogens with one attached hydrogen (secondary N) is 1. The highest BCUT2D eigenvalue weighted by atomic mass is 16.5. The predicted molar refractivity (Wildman–Crippen MR) is 107 cm³/mol. The second-order valence-electron chi connectivity index (χ2n) is 7.18. The van der Waals surface area contributed by atoms with Gasteiger partial charge in [0.25, 0.3) is 5.91 Å². The van der Waals surface area contributed by atoms with Crippen LogP contribution in [0.1, 0.15) is 44.1 Å². The quantitative estimate of drug-likeness (QED) is 0.572. The molecule has 0 radical (unpaired) electrons. The van der Waals surface area contributed by atoms with Crippen LogP contribution < -0.4 is 10.1 Å². The van der Waals surface area contributed by atoms with Crippen LogP contribution in [0.2, 0.25) is 0 Å². The smallest absolute Gasteiger partial charge is 0.261 e. The van der Waals surface area contributed by atoms with E-state index in [0.29, 0.717) is 22.6 Å². The van der Waals surface area contributed by atoms with Crippen molar-refractivity contribution in [1.29, 1.82) is 0 Å². The van der Waals surface area contributed by atoms with Crippen molar-refractivity contribution in [3.63, 3.8) is 0 Å². The number of ether oxygens (including phenoxy) is 1. The van der Waals surface area contributed by atoms with Gasteiger partial charge in [-0.05, 0) is 39.8 Å². The normalized spacial score (nSPS) is 11.6. The summed E-state index contributed by atoms with van der Waals surface area (Å²) in [5.74, 6) is 0.284. The molecule has 8 nitrogen and oxygen atoms in total. The van der Waals surface area contributed by atoms with Gasteiger partial charge in [0.15, 0.2) is 5.65 Å². The molecule has 0 bridgehead atoms. The number of rotatable bonds is 5. The van der Waals surface area contributed by atoms with Crippen LogP contribution in [0.25, 0.3) is 16.6 Å². The molecule has 0 fully saturated rings. The van der Waals surface area contributed by atoms with E-state index < -0.39 is 0 Å². The monoisotopic (exact) mass is 378 g/mol. The van der Waals surface area contributed by atoms with Crippen LogP contribution in [0.15, 0.2) is 43.0 Å². The minimum absolute atomic E-state index is 0.0427. The van der Waals surface area contributed by atoms with Gasteiger partial charge in [0.2, 0.25) is 0 Å². The molecule has 0 unspecified atom stereocenters. The minimum Gasteiger partial charge on any atom is -0.489 e. The van der Waals surface area contributed by atoms with Gasteiger partial charge in [0.05, 0.1) is 23.5 Å². The lowest BCUT2D eigenvalue weighted by atomic mass is 10.2. The minimum atomic E-state index is -0.294. The van der Waals surface area contributed by atoms with E-state index in [4.69, 9.17) is 4.74 Å². The standard InChI is InChI=1S/C20H22N6O2/c1-12(2)26-11-14-8-17(18(28-13(3)4)9-16(14)24-26)23-20(27)15-10-22-25-7-5-6-21-19(15)25/h5-13H,1-4H3,(H,23,27). The van der Waals surface area contributed by atoms with Crippen molar-refractivity contribution >= 4 is 28.1 Å². The summed E-state index contributed by atoms with van der Waals surface area (Å²) in [6.45, 7) is 8.02. The molecule has 0 saturated heterocycles. The Morgan fingerprint density at radius 2 is 2.04 bits per heavy atom. The number of fused-ring (bicyclic) bond motifs is 2. The molecule has 4 rings (SSSR count). The Balaban J connectivity index is 1.74. The Labute approximate surface area is 162 Å². The average Bonchev–Trinajstić information content (AvgIpc) is 3.25. The predicted octanol–water partition coefficient (Wildman–Crippen LogP) is 3.70. The van der Waals surface area contributed by atoms with Crippen LogP contribution in [0.5, 0.6) is 5.75 Å². The van der Waals surface area contributed by atoms with Gasteiger partial charge in [-0.15, -0.1) is 0 Å². The summed E-state index contributed by atoms with van der Waals surface area (Å²) in [6, 6.07) is 5.75. The summed E-state index contributed by atoms with van der Waals surface area (Å²) in [5.41, 5.74) is 2.30. The molecule has 0 aliphatic rings. The average molecular weight is 378 g/mol. The Morgan fingerprint density at radius 3 is 2.79 bits per heavy atom. The Hall–Kier alpha value is -3.42. The first-order chi connectivity index (χ1) is 13.4. The number of anilines is 1. The maximum Gasteiger partial charge on any atom is 0.261 e. The van der Waals surface area contributed by atoms with E-state index in [0.717, 1.165) is 10.9 Å². The van der Waals surface area contributed by atoms with E-state index in [1.165, 1.54) is 6.20 Å².